The number of hydrogen-bond acceptors (Lipinski definition) is 3. The molecule has 0 unspecified atom stereocenters. The lowest BCUT2D eigenvalue weighted by molar-refractivity contribution is -0.116. The van der Waals surface area contributed by atoms with Crippen LogP contribution in [0.2, 0.25) is 0 Å². The Morgan fingerprint density at radius 2 is 2.04 bits per heavy atom. The third-order valence-corrected chi connectivity index (χ3v) is 4.73. The third-order valence-electron chi connectivity index (χ3n) is 4.73. The average molecular weight is 358 g/mol. The van der Waals surface area contributed by atoms with E-state index in [2.05, 4.69) is 74.7 Å². The van der Waals surface area contributed by atoms with Gasteiger partial charge in [0.1, 0.15) is 0 Å². The second kappa shape index (κ2) is 10.2. The number of hydrazine groups is 1. The number of benzene rings is 1. The lowest BCUT2D eigenvalue weighted by Crippen LogP contribution is -2.50. The summed E-state index contributed by atoms with van der Waals surface area (Å²) in [5.74, 6) is 0.226. The zero-order valence-corrected chi connectivity index (χ0v) is 17.4. The van der Waals surface area contributed by atoms with E-state index in [0.29, 0.717) is 6.42 Å². The Kier molecular flexibility index (Phi) is 8.59. The Balaban J connectivity index is 2.79. The molecular formula is C22H35N3O. The van der Waals surface area contributed by atoms with Crippen molar-refractivity contribution < 1.29 is 4.79 Å². The highest BCUT2D eigenvalue weighted by molar-refractivity contribution is 5.91. The van der Waals surface area contributed by atoms with Crippen molar-refractivity contribution in [3.05, 3.63) is 48.1 Å². The van der Waals surface area contributed by atoms with Gasteiger partial charge >= 0.3 is 0 Å². The maximum absolute atomic E-state index is 12.4. The number of hydrogen-bond donors (Lipinski definition) is 2. The average Bonchev–Trinajstić information content (AvgIpc) is 2.60. The zero-order valence-electron chi connectivity index (χ0n) is 17.4. The predicted molar refractivity (Wildman–Crippen MR) is 113 cm³/mol. The van der Waals surface area contributed by atoms with Gasteiger partial charge < -0.3 is 10.3 Å². The van der Waals surface area contributed by atoms with E-state index in [4.69, 9.17) is 0 Å². The molecule has 0 heterocycles. The smallest absolute Gasteiger partial charge is 0.224 e. The summed E-state index contributed by atoms with van der Waals surface area (Å²) in [5, 5.41) is 5.15. The van der Waals surface area contributed by atoms with E-state index in [1.54, 1.807) is 0 Å². The largest absolute Gasteiger partial charge is 0.326 e. The molecule has 1 aromatic rings. The molecule has 0 radical (unpaired) electrons. The van der Waals surface area contributed by atoms with Gasteiger partial charge in [0.25, 0.3) is 0 Å². The summed E-state index contributed by atoms with van der Waals surface area (Å²) in [7, 11) is 1.92. The quantitative estimate of drug-likeness (QED) is 0.465. The summed E-state index contributed by atoms with van der Waals surface area (Å²) in [6, 6.07) is 7.96. The van der Waals surface area contributed by atoms with Crippen LogP contribution in [-0.4, -0.2) is 18.5 Å². The van der Waals surface area contributed by atoms with Gasteiger partial charge in [-0.3, -0.25) is 4.79 Å². The van der Waals surface area contributed by atoms with Crippen molar-refractivity contribution in [3.8, 4) is 0 Å². The molecule has 0 fully saturated rings. The Morgan fingerprint density at radius 1 is 1.35 bits per heavy atom. The van der Waals surface area contributed by atoms with E-state index >= 15 is 0 Å². The highest BCUT2D eigenvalue weighted by Crippen LogP contribution is 2.26. The van der Waals surface area contributed by atoms with Crippen LogP contribution in [0, 0.1) is 5.92 Å². The molecule has 144 valence electrons. The summed E-state index contributed by atoms with van der Waals surface area (Å²) in [4.78, 5) is 12.4. The van der Waals surface area contributed by atoms with Gasteiger partial charge in [-0.15, -0.1) is 0 Å². The summed E-state index contributed by atoms with van der Waals surface area (Å²) < 4.78 is 0. The lowest BCUT2D eigenvalue weighted by Gasteiger charge is -2.39. The molecule has 0 aliphatic carbocycles. The van der Waals surface area contributed by atoms with Crippen molar-refractivity contribution in [3.63, 3.8) is 0 Å². The van der Waals surface area contributed by atoms with Crippen LogP contribution >= 0.6 is 0 Å². The van der Waals surface area contributed by atoms with Gasteiger partial charge in [0.05, 0.1) is 11.2 Å². The first kappa shape index (κ1) is 22.0. The first-order chi connectivity index (χ1) is 12.2. The van der Waals surface area contributed by atoms with Crippen molar-refractivity contribution in [2.45, 2.75) is 59.9 Å². The zero-order chi connectivity index (χ0) is 19.7. The van der Waals surface area contributed by atoms with Gasteiger partial charge in [-0.05, 0) is 58.2 Å². The molecule has 0 aromatic heterocycles. The second-order valence-corrected chi connectivity index (χ2v) is 7.40. The van der Waals surface area contributed by atoms with E-state index < -0.39 is 0 Å². The van der Waals surface area contributed by atoms with Gasteiger partial charge in [0, 0.05) is 19.2 Å². The van der Waals surface area contributed by atoms with E-state index in [1.807, 2.05) is 32.2 Å². The predicted octanol–water partition coefficient (Wildman–Crippen LogP) is 5.30. The Labute approximate surface area is 159 Å². The fraction of sp³-hybridized carbons (Fsp3) is 0.500. The number of nitrogens with zero attached hydrogens (tertiary/aromatic N) is 1. The molecule has 1 amide bonds. The van der Waals surface area contributed by atoms with Crippen molar-refractivity contribution in [1.82, 2.24) is 5.43 Å². The molecule has 1 rings (SSSR count). The Hall–Kier alpha value is -2.07. The SMILES string of the molecule is C/C=C(C)\C=C/[C@@H](C)CC(=O)Nc1cccc(N(NC)C(C)(C)CC)c1. The number of rotatable bonds is 9. The van der Waals surface area contributed by atoms with Gasteiger partial charge in [-0.1, -0.05) is 43.7 Å². The maximum atomic E-state index is 12.4. The van der Waals surface area contributed by atoms with Crippen molar-refractivity contribution in [1.29, 1.82) is 0 Å². The molecule has 0 bridgehead atoms. The minimum atomic E-state index is -0.0264. The lowest BCUT2D eigenvalue weighted by atomic mass is 10.0. The summed E-state index contributed by atoms with van der Waals surface area (Å²) in [6.07, 6.45) is 7.67. The monoisotopic (exact) mass is 357 g/mol. The van der Waals surface area contributed by atoms with E-state index in [0.717, 1.165) is 17.8 Å². The molecule has 26 heavy (non-hydrogen) atoms. The number of carbonyl (C=O) groups is 1. The topological polar surface area (TPSA) is 44.4 Å². The maximum Gasteiger partial charge on any atom is 0.224 e. The molecule has 2 N–H and O–H groups in total. The highest BCUT2D eigenvalue weighted by atomic mass is 16.1. The molecule has 4 heteroatoms. The molecule has 1 aromatic carbocycles. The molecule has 1 atom stereocenters. The Morgan fingerprint density at radius 3 is 2.62 bits per heavy atom. The van der Waals surface area contributed by atoms with Gasteiger partial charge in [0.2, 0.25) is 5.91 Å². The van der Waals surface area contributed by atoms with Crippen LogP contribution in [0.25, 0.3) is 0 Å². The second-order valence-electron chi connectivity index (χ2n) is 7.40. The molecule has 4 nitrogen and oxygen atoms in total. The van der Waals surface area contributed by atoms with E-state index in [-0.39, 0.29) is 17.4 Å². The number of amides is 1. The van der Waals surface area contributed by atoms with Gasteiger partial charge in [-0.25, -0.2) is 5.43 Å². The first-order valence-corrected chi connectivity index (χ1v) is 9.42. The van der Waals surface area contributed by atoms with E-state index in [1.165, 1.54) is 5.57 Å². The van der Waals surface area contributed by atoms with Crippen LogP contribution < -0.4 is 15.8 Å². The van der Waals surface area contributed by atoms with Crippen molar-refractivity contribution in [2.24, 2.45) is 5.92 Å². The normalized spacial score (nSPS) is 13.7. The molecule has 0 saturated carbocycles. The molecule has 0 saturated heterocycles. The van der Waals surface area contributed by atoms with Crippen LogP contribution in [0.3, 0.4) is 0 Å². The fourth-order valence-corrected chi connectivity index (χ4v) is 2.65. The van der Waals surface area contributed by atoms with Crippen LogP contribution in [0.1, 0.15) is 54.4 Å². The third kappa shape index (κ3) is 6.68. The molecular weight excluding hydrogens is 322 g/mol. The van der Waals surface area contributed by atoms with Gasteiger partial charge in [-0.2, -0.15) is 0 Å². The number of carbonyl (C=O) groups excluding carboxylic acids is 1. The van der Waals surface area contributed by atoms with Crippen molar-refractivity contribution in [2.75, 3.05) is 17.4 Å². The summed E-state index contributed by atoms with van der Waals surface area (Å²) in [5.41, 5.74) is 6.29. The van der Waals surface area contributed by atoms with Crippen LogP contribution in [-0.2, 0) is 4.79 Å². The van der Waals surface area contributed by atoms with Crippen molar-refractivity contribution >= 4 is 17.3 Å². The molecule has 0 aliphatic heterocycles. The fourth-order valence-electron chi connectivity index (χ4n) is 2.65. The number of nitrogens with one attached hydrogen (secondary N) is 2. The van der Waals surface area contributed by atoms with Gasteiger partial charge in [0.15, 0.2) is 0 Å². The van der Waals surface area contributed by atoms with Crippen LogP contribution in [0.5, 0.6) is 0 Å². The minimum absolute atomic E-state index is 0.0264. The summed E-state index contributed by atoms with van der Waals surface area (Å²) >= 11 is 0. The number of anilines is 2. The first-order valence-electron chi connectivity index (χ1n) is 9.42. The summed E-state index contributed by atoms with van der Waals surface area (Å²) in [6.45, 7) is 12.7. The molecule has 0 spiro atoms. The highest BCUT2D eigenvalue weighted by Gasteiger charge is 2.24. The standard InChI is InChI=1S/C22H35N3O/c1-8-17(3)13-14-18(4)15-21(26)24-19-11-10-12-20(16-19)25(23-7)22(5,6)9-2/h8,10-14,16,18,23H,9,15H2,1-7H3,(H,24,26)/b14-13-,17-8-/t18-/m1/s1. The number of allylic oxidation sites excluding steroid dienone is 4. The Bertz CT molecular complexity index is 647. The van der Waals surface area contributed by atoms with Crippen LogP contribution in [0.4, 0.5) is 11.4 Å². The van der Waals surface area contributed by atoms with Crippen LogP contribution in [0.15, 0.2) is 48.1 Å². The minimum Gasteiger partial charge on any atom is -0.326 e. The van der Waals surface area contributed by atoms with E-state index in [9.17, 15) is 4.79 Å². The molecule has 0 aliphatic rings.